The highest BCUT2D eigenvalue weighted by atomic mass is 35.5. The van der Waals surface area contributed by atoms with Gasteiger partial charge < -0.3 is 10.2 Å². The second-order valence-electron chi connectivity index (χ2n) is 5.24. The summed E-state index contributed by atoms with van der Waals surface area (Å²) in [6.07, 6.45) is 0.634. The number of aliphatic carboxylic acids is 1. The maximum Gasteiger partial charge on any atom is 0.303 e. The van der Waals surface area contributed by atoms with Crippen molar-refractivity contribution in [1.82, 2.24) is 14.6 Å². The molecule has 25 heavy (non-hydrogen) atoms. The number of rotatable bonds is 4. The maximum absolute atomic E-state index is 13.4. The SMILES string of the molecule is O=C(O)CC/C(O)=c1\c(=O)cc(-c2ccc(F)c(Cl)c2)c2ncnn12. The summed E-state index contributed by atoms with van der Waals surface area (Å²) >= 11 is 5.79. The number of aliphatic hydroxyl groups is 1. The van der Waals surface area contributed by atoms with Gasteiger partial charge in [0.05, 0.1) is 11.4 Å². The molecule has 0 spiro atoms. The Labute approximate surface area is 144 Å². The number of benzene rings is 1. The average Bonchev–Trinajstić information content (AvgIpc) is 3.03. The van der Waals surface area contributed by atoms with Crippen molar-refractivity contribution in [2.45, 2.75) is 12.8 Å². The van der Waals surface area contributed by atoms with Crippen molar-refractivity contribution in [3.63, 3.8) is 0 Å². The summed E-state index contributed by atoms with van der Waals surface area (Å²) in [5, 5.41) is 22.5. The Hall–Kier alpha value is -3.00. The lowest BCUT2D eigenvalue weighted by Crippen LogP contribution is -2.34. The summed E-state index contributed by atoms with van der Waals surface area (Å²) in [7, 11) is 0. The fraction of sp³-hybridized carbons (Fsp3) is 0.125. The van der Waals surface area contributed by atoms with Crippen LogP contribution < -0.4 is 10.8 Å². The van der Waals surface area contributed by atoms with Crippen LogP contribution in [0.2, 0.25) is 5.02 Å². The molecule has 0 aliphatic carbocycles. The molecule has 0 bridgehead atoms. The zero-order chi connectivity index (χ0) is 18.1. The lowest BCUT2D eigenvalue weighted by molar-refractivity contribution is -0.136. The van der Waals surface area contributed by atoms with E-state index in [-0.39, 0.29) is 28.9 Å². The molecule has 0 aliphatic heterocycles. The van der Waals surface area contributed by atoms with Crippen molar-refractivity contribution >= 4 is 29.0 Å². The molecule has 0 fully saturated rings. The first-order valence-corrected chi connectivity index (χ1v) is 7.52. The number of halogens is 2. The van der Waals surface area contributed by atoms with Gasteiger partial charge in [0.25, 0.3) is 0 Å². The molecule has 0 aliphatic rings. The second kappa shape index (κ2) is 6.48. The van der Waals surface area contributed by atoms with Crippen molar-refractivity contribution in [3.05, 3.63) is 57.0 Å². The molecule has 7 nitrogen and oxygen atoms in total. The highest BCUT2D eigenvalue weighted by Crippen LogP contribution is 2.26. The van der Waals surface area contributed by atoms with E-state index < -0.39 is 23.0 Å². The molecule has 0 unspecified atom stereocenters. The van der Waals surface area contributed by atoms with E-state index in [1.54, 1.807) is 0 Å². The number of hydrogen-bond acceptors (Lipinski definition) is 5. The Bertz CT molecular complexity index is 1100. The van der Waals surface area contributed by atoms with Gasteiger partial charge >= 0.3 is 5.97 Å². The maximum atomic E-state index is 13.4. The monoisotopic (exact) mass is 363 g/mol. The van der Waals surface area contributed by atoms with Gasteiger partial charge in [0.2, 0.25) is 5.43 Å². The van der Waals surface area contributed by atoms with Crippen LogP contribution in [0.3, 0.4) is 0 Å². The molecule has 9 heteroatoms. The van der Waals surface area contributed by atoms with Gasteiger partial charge in [-0.05, 0) is 23.8 Å². The van der Waals surface area contributed by atoms with E-state index >= 15 is 0 Å². The van der Waals surface area contributed by atoms with Gasteiger partial charge in [0.15, 0.2) is 11.0 Å². The Kier molecular flexibility index (Phi) is 4.37. The van der Waals surface area contributed by atoms with Crippen molar-refractivity contribution in [3.8, 4) is 11.1 Å². The fourth-order valence-corrected chi connectivity index (χ4v) is 2.62. The topological polar surface area (TPSA) is 105 Å². The van der Waals surface area contributed by atoms with Crippen molar-refractivity contribution in [1.29, 1.82) is 0 Å². The summed E-state index contributed by atoms with van der Waals surface area (Å²) in [6, 6.07) is 5.19. The number of carboxylic acid groups (broad SMARTS) is 1. The number of nitrogens with zero attached hydrogens (tertiary/aromatic N) is 3. The third-order valence-electron chi connectivity index (χ3n) is 3.59. The fourth-order valence-electron chi connectivity index (χ4n) is 2.44. The van der Waals surface area contributed by atoms with Crippen molar-refractivity contribution in [2.24, 2.45) is 0 Å². The molecule has 1 aromatic carbocycles. The Morgan fingerprint density at radius 3 is 2.68 bits per heavy atom. The number of carboxylic acids is 1. The summed E-state index contributed by atoms with van der Waals surface area (Å²) in [6.45, 7) is 0. The highest BCUT2D eigenvalue weighted by molar-refractivity contribution is 6.31. The van der Waals surface area contributed by atoms with Crippen LogP contribution in [0.4, 0.5) is 4.39 Å². The van der Waals surface area contributed by atoms with Crippen LogP contribution in [0.1, 0.15) is 12.8 Å². The Balaban J connectivity index is 2.26. The number of aromatic nitrogens is 3. The van der Waals surface area contributed by atoms with E-state index in [9.17, 15) is 19.1 Å². The second-order valence-corrected chi connectivity index (χ2v) is 5.64. The predicted octanol–water partition coefficient (Wildman–Crippen LogP) is 1.80. The third kappa shape index (κ3) is 3.16. The molecule has 0 radical (unpaired) electrons. The van der Waals surface area contributed by atoms with Crippen LogP contribution >= 0.6 is 11.6 Å². The molecular weight excluding hydrogens is 353 g/mol. The molecule has 2 aromatic heterocycles. The standard InChI is InChI=1S/C16H11ClFN3O4/c17-10-5-8(1-2-11(10)18)9-6-13(23)15(12(22)3-4-14(24)25)21-16(9)19-7-20-21/h1-2,5-7,22H,3-4H2,(H,24,25)/b15-12-. The average molecular weight is 364 g/mol. The Morgan fingerprint density at radius 2 is 2.00 bits per heavy atom. The minimum Gasteiger partial charge on any atom is -0.510 e. The zero-order valence-corrected chi connectivity index (χ0v) is 13.4. The molecular formula is C16H11ClFN3O4. The predicted molar refractivity (Wildman–Crippen MR) is 87.8 cm³/mol. The minimum absolute atomic E-state index is 0.109. The largest absolute Gasteiger partial charge is 0.510 e. The zero-order valence-electron chi connectivity index (χ0n) is 12.6. The first-order valence-electron chi connectivity index (χ1n) is 7.14. The summed E-state index contributed by atoms with van der Waals surface area (Å²) in [5.41, 5.74) is 0.493. The van der Waals surface area contributed by atoms with E-state index in [1.807, 2.05) is 0 Å². The van der Waals surface area contributed by atoms with Crippen LogP contribution in [0.5, 0.6) is 0 Å². The molecule has 2 N–H and O–H groups in total. The van der Waals surface area contributed by atoms with E-state index in [0.717, 1.165) is 4.52 Å². The number of pyridine rings is 1. The van der Waals surface area contributed by atoms with Gasteiger partial charge in [-0.1, -0.05) is 17.7 Å². The van der Waals surface area contributed by atoms with Gasteiger partial charge in [0, 0.05) is 12.0 Å². The van der Waals surface area contributed by atoms with Crippen molar-refractivity contribution in [2.75, 3.05) is 0 Å². The summed E-state index contributed by atoms with van der Waals surface area (Å²) < 4.78 is 14.5. The van der Waals surface area contributed by atoms with Crippen LogP contribution in [-0.2, 0) is 4.79 Å². The van der Waals surface area contributed by atoms with E-state index in [0.29, 0.717) is 11.1 Å². The van der Waals surface area contributed by atoms with Crippen LogP contribution in [0.25, 0.3) is 22.5 Å². The smallest absolute Gasteiger partial charge is 0.303 e. The quantitative estimate of drug-likeness (QED) is 0.732. The van der Waals surface area contributed by atoms with Gasteiger partial charge in [0.1, 0.15) is 17.9 Å². The molecule has 2 heterocycles. The van der Waals surface area contributed by atoms with Crippen LogP contribution in [-0.4, -0.2) is 30.8 Å². The van der Waals surface area contributed by atoms with E-state index in [1.165, 1.54) is 30.6 Å². The molecule has 0 amide bonds. The Morgan fingerprint density at radius 1 is 1.24 bits per heavy atom. The molecule has 3 aromatic rings. The first kappa shape index (κ1) is 16.8. The van der Waals surface area contributed by atoms with Gasteiger partial charge in [-0.15, -0.1) is 0 Å². The number of carbonyl (C=O) groups is 1. The lowest BCUT2D eigenvalue weighted by Gasteiger charge is -2.06. The van der Waals surface area contributed by atoms with E-state index in [4.69, 9.17) is 16.7 Å². The van der Waals surface area contributed by atoms with E-state index in [2.05, 4.69) is 10.1 Å². The molecule has 0 saturated heterocycles. The normalized spacial score (nSPS) is 12.4. The number of hydrogen-bond donors (Lipinski definition) is 2. The lowest BCUT2D eigenvalue weighted by atomic mass is 10.1. The molecule has 3 rings (SSSR count). The molecule has 128 valence electrons. The van der Waals surface area contributed by atoms with Gasteiger partial charge in [-0.2, -0.15) is 5.10 Å². The first-order chi connectivity index (χ1) is 11.9. The van der Waals surface area contributed by atoms with Crippen LogP contribution in [0.15, 0.2) is 35.4 Å². The van der Waals surface area contributed by atoms with Gasteiger partial charge in [-0.25, -0.2) is 13.9 Å². The number of aliphatic hydroxyl groups excluding tert-OH is 1. The third-order valence-corrected chi connectivity index (χ3v) is 3.88. The van der Waals surface area contributed by atoms with Crippen LogP contribution in [0, 0.1) is 5.82 Å². The van der Waals surface area contributed by atoms with Gasteiger partial charge in [-0.3, -0.25) is 9.59 Å². The molecule has 0 saturated carbocycles. The molecule has 0 atom stereocenters. The minimum atomic E-state index is -1.11. The van der Waals surface area contributed by atoms with Crippen molar-refractivity contribution < 1.29 is 19.4 Å². The highest BCUT2D eigenvalue weighted by Gasteiger charge is 2.14. The number of fused-ring (bicyclic) bond motifs is 1. The summed E-state index contributed by atoms with van der Waals surface area (Å²) in [5.74, 6) is -2.10. The summed E-state index contributed by atoms with van der Waals surface area (Å²) in [4.78, 5) is 27.2.